The Balaban J connectivity index is 1.44. The van der Waals surface area contributed by atoms with Crippen molar-refractivity contribution in [2.24, 2.45) is 0 Å². The van der Waals surface area contributed by atoms with Crippen LogP contribution in [0.2, 0.25) is 0 Å². The van der Waals surface area contributed by atoms with Gasteiger partial charge in [-0.05, 0) is 50.2 Å². The number of amides is 2. The van der Waals surface area contributed by atoms with Gasteiger partial charge in [-0.25, -0.2) is 0 Å². The minimum absolute atomic E-state index is 0.00255. The van der Waals surface area contributed by atoms with Crippen molar-refractivity contribution in [1.29, 1.82) is 0 Å². The zero-order chi connectivity index (χ0) is 17.3. The standard InChI is InChI=1S/C20H26N2O3/c23-18-8-7-16-5-1-2-6-17(16)22(18)15-19(24)21-12-3-9-20(11-13-21)10-4-14-25-20/h1-2,5-6H,3-4,7-15H2/t20-/m0/s1. The lowest BCUT2D eigenvalue weighted by atomic mass is 9.92. The van der Waals surface area contributed by atoms with Gasteiger partial charge in [0.2, 0.25) is 11.8 Å². The summed E-state index contributed by atoms with van der Waals surface area (Å²) >= 11 is 0. The summed E-state index contributed by atoms with van der Waals surface area (Å²) in [6.07, 6.45) is 6.45. The van der Waals surface area contributed by atoms with Crippen molar-refractivity contribution in [3.05, 3.63) is 29.8 Å². The van der Waals surface area contributed by atoms with E-state index in [1.165, 1.54) is 0 Å². The molecule has 25 heavy (non-hydrogen) atoms. The highest BCUT2D eigenvalue weighted by molar-refractivity contribution is 6.01. The molecule has 3 aliphatic rings. The van der Waals surface area contributed by atoms with Crippen LogP contribution in [0.1, 0.15) is 44.1 Å². The van der Waals surface area contributed by atoms with Crippen LogP contribution < -0.4 is 4.90 Å². The molecule has 0 aliphatic carbocycles. The van der Waals surface area contributed by atoms with E-state index < -0.39 is 0 Å². The van der Waals surface area contributed by atoms with Crippen molar-refractivity contribution in [3.8, 4) is 0 Å². The van der Waals surface area contributed by atoms with E-state index in [-0.39, 0.29) is 24.0 Å². The number of aryl methyl sites for hydroxylation is 1. The second-order valence-corrected chi connectivity index (χ2v) is 7.48. The summed E-state index contributed by atoms with van der Waals surface area (Å²) in [7, 11) is 0. The number of hydrogen-bond acceptors (Lipinski definition) is 3. The van der Waals surface area contributed by atoms with Gasteiger partial charge in [0.05, 0.1) is 5.60 Å². The molecule has 2 amide bonds. The molecule has 134 valence electrons. The maximum absolute atomic E-state index is 12.9. The van der Waals surface area contributed by atoms with Gasteiger partial charge in [0, 0.05) is 31.8 Å². The number of carbonyl (C=O) groups excluding carboxylic acids is 2. The quantitative estimate of drug-likeness (QED) is 0.830. The first-order valence-corrected chi connectivity index (χ1v) is 9.47. The Kier molecular flexibility index (Phi) is 4.50. The molecule has 2 saturated heterocycles. The molecule has 1 atom stereocenters. The highest BCUT2D eigenvalue weighted by Crippen LogP contribution is 2.35. The molecule has 3 heterocycles. The van der Waals surface area contributed by atoms with Crippen molar-refractivity contribution in [1.82, 2.24) is 4.90 Å². The summed E-state index contributed by atoms with van der Waals surface area (Å²) in [6.45, 7) is 2.52. The van der Waals surface area contributed by atoms with Crippen molar-refractivity contribution in [2.45, 2.75) is 50.5 Å². The van der Waals surface area contributed by atoms with Crippen LogP contribution in [0.25, 0.3) is 0 Å². The van der Waals surface area contributed by atoms with E-state index in [4.69, 9.17) is 4.74 Å². The first-order valence-electron chi connectivity index (χ1n) is 9.47. The molecule has 0 aromatic heterocycles. The van der Waals surface area contributed by atoms with E-state index in [1.807, 2.05) is 29.2 Å². The van der Waals surface area contributed by atoms with Gasteiger partial charge in [-0.2, -0.15) is 0 Å². The summed E-state index contributed by atoms with van der Waals surface area (Å²) < 4.78 is 6.00. The average Bonchev–Trinajstić information content (AvgIpc) is 2.98. The lowest BCUT2D eigenvalue weighted by Gasteiger charge is -2.31. The smallest absolute Gasteiger partial charge is 0.242 e. The molecule has 0 bridgehead atoms. The Labute approximate surface area is 148 Å². The predicted molar refractivity (Wildman–Crippen MR) is 95.5 cm³/mol. The number of carbonyl (C=O) groups is 2. The third-order valence-electron chi connectivity index (χ3n) is 5.92. The van der Waals surface area contributed by atoms with Crippen LogP contribution in [-0.4, -0.2) is 48.6 Å². The second kappa shape index (κ2) is 6.79. The number of nitrogens with zero attached hydrogens (tertiary/aromatic N) is 2. The molecule has 1 aromatic rings. The van der Waals surface area contributed by atoms with Crippen LogP contribution in [0.5, 0.6) is 0 Å². The molecule has 0 saturated carbocycles. The van der Waals surface area contributed by atoms with E-state index in [0.717, 1.165) is 69.5 Å². The molecular weight excluding hydrogens is 316 g/mol. The number of ether oxygens (including phenoxy) is 1. The number of anilines is 1. The van der Waals surface area contributed by atoms with Crippen LogP contribution in [0.4, 0.5) is 5.69 Å². The van der Waals surface area contributed by atoms with E-state index in [1.54, 1.807) is 4.90 Å². The molecule has 3 aliphatic heterocycles. The Morgan fingerprint density at radius 3 is 2.76 bits per heavy atom. The van der Waals surface area contributed by atoms with E-state index in [9.17, 15) is 9.59 Å². The minimum Gasteiger partial charge on any atom is -0.375 e. The molecule has 1 spiro atoms. The molecule has 0 unspecified atom stereocenters. The maximum atomic E-state index is 12.9. The lowest BCUT2D eigenvalue weighted by molar-refractivity contribution is -0.131. The zero-order valence-corrected chi connectivity index (χ0v) is 14.7. The summed E-state index contributed by atoms with van der Waals surface area (Å²) in [6, 6.07) is 7.92. The molecular formula is C20H26N2O3. The van der Waals surface area contributed by atoms with E-state index >= 15 is 0 Å². The van der Waals surface area contributed by atoms with Crippen LogP contribution in [-0.2, 0) is 20.7 Å². The van der Waals surface area contributed by atoms with Crippen LogP contribution in [0.15, 0.2) is 24.3 Å². The summed E-state index contributed by atoms with van der Waals surface area (Å²) in [5.74, 6) is 0.109. The Bertz CT molecular complexity index is 667. The molecule has 1 aromatic carbocycles. The largest absolute Gasteiger partial charge is 0.375 e. The maximum Gasteiger partial charge on any atom is 0.242 e. The van der Waals surface area contributed by atoms with E-state index in [0.29, 0.717) is 6.42 Å². The summed E-state index contributed by atoms with van der Waals surface area (Å²) in [4.78, 5) is 28.9. The number of rotatable bonds is 2. The Morgan fingerprint density at radius 2 is 1.92 bits per heavy atom. The summed E-state index contributed by atoms with van der Waals surface area (Å²) in [5, 5.41) is 0. The SMILES string of the molecule is O=C(CN1C(=O)CCc2ccccc21)N1CCC[C@]2(CCCO2)CC1. The van der Waals surface area contributed by atoms with Crippen LogP contribution in [0, 0.1) is 0 Å². The highest BCUT2D eigenvalue weighted by Gasteiger charge is 2.37. The molecule has 0 radical (unpaired) electrons. The third kappa shape index (κ3) is 3.30. The topological polar surface area (TPSA) is 49.9 Å². The van der Waals surface area contributed by atoms with Gasteiger partial charge in [-0.3, -0.25) is 9.59 Å². The number of para-hydroxylation sites is 1. The highest BCUT2D eigenvalue weighted by atomic mass is 16.5. The van der Waals surface area contributed by atoms with Crippen molar-refractivity contribution in [2.75, 3.05) is 31.1 Å². The van der Waals surface area contributed by atoms with Gasteiger partial charge in [-0.1, -0.05) is 18.2 Å². The third-order valence-corrected chi connectivity index (χ3v) is 5.92. The molecule has 0 N–H and O–H groups in total. The number of hydrogen-bond donors (Lipinski definition) is 0. The predicted octanol–water partition coefficient (Wildman–Crippen LogP) is 2.53. The second-order valence-electron chi connectivity index (χ2n) is 7.48. The Hall–Kier alpha value is -1.88. The van der Waals surface area contributed by atoms with Gasteiger partial charge in [0.15, 0.2) is 0 Å². The monoisotopic (exact) mass is 342 g/mol. The fourth-order valence-corrected chi connectivity index (χ4v) is 4.47. The lowest BCUT2D eigenvalue weighted by Crippen LogP contribution is -2.45. The number of fused-ring (bicyclic) bond motifs is 1. The zero-order valence-electron chi connectivity index (χ0n) is 14.7. The fourth-order valence-electron chi connectivity index (χ4n) is 4.47. The van der Waals surface area contributed by atoms with Gasteiger partial charge in [0.25, 0.3) is 0 Å². The molecule has 5 nitrogen and oxygen atoms in total. The molecule has 5 heteroatoms. The van der Waals surface area contributed by atoms with Crippen molar-refractivity contribution >= 4 is 17.5 Å². The molecule has 4 rings (SSSR count). The first-order chi connectivity index (χ1) is 12.2. The van der Waals surface area contributed by atoms with Gasteiger partial charge in [-0.15, -0.1) is 0 Å². The Morgan fingerprint density at radius 1 is 1.08 bits per heavy atom. The first kappa shape index (κ1) is 16.6. The van der Waals surface area contributed by atoms with Crippen molar-refractivity contribution in [3.63, 3.8) is 0 Å². The normalized spacial score (nSPS) is 26.6. The van der Waals surface area contributed by atoms with Crippen LogP contribution in [0.3, 0.4) is 0 Å². The van der Waals surface area contributed by atoms with Crippen LogP contribution >= 0.6 is 0 Å². The average molecular weight is 342 g/mol. The summed E-state index contributed by atoms with van der Waals surface area (Å²) in [5.41, 5.74) is 2.06. The van der Waals surface area contributed by atoms with Crippen molar-refractivity contribution < 1.29 is 14.3 Å². The van der Waals surface area contributed by atoms with Gasteiger partial charge in [0.1, 0.15) is 6.54 Å². The minimum atomic E-state index is 0.00255. The van der Waals surface area contributed by atoms with Gasteiger partial charge < -0.3 is 14.5 Å². The molecule has 2 fully saturated rings. The fraction of sp³-hybridized carbons (Fsp3) is 0.600. The number of likely N-dealkylation sites (tertiary alicyclic amines) is 1. The number of benzene rings is 1. The van der Waals surface area contributed by atoms with E-state index in [2.05, 4.69) is 0 Å². The van der Waals surface area contributed by atoms with Gasteiger partial charge >= 0.3 is 0 Å².